The van der Waals surface area contributed by atoms with Crippen molar-refractivity contribution >= 4 is 15.8 Å². The highest BCUT2D eigenvalue weighted by Crippen LogP contribution is 2.22. The summed E-state index contributed by atoms with van der Waals surface area (Å²) in [5, 5.41) is 0. The number of sulfonamides is 1. The predicted octanol–water partition coefficient (Wildman–Crippen LogP) is 8.01. The molecule has 6 heteroatoms. The van der Waals surface area contributed by atoms with Gasteiger partial charge >= 0.3 is 0 Å². The Balaban J connectivity index is 0.000000824. The van der Waals surface area contributed by atoms with Gasteiger partial charge in [0.15, 0.2) is 0 Å². The summed E-state index contributed by atoms with van der Waals surface area (Å²) in [5.41, 5.74) is 3.14. The van der Waals surface area contributed by atoms with Crippen molar-refractivity contribution in [2.24, 2.45) is 11.3 Å². The predicted molar refractivity (Wildman–Crippen MR) is 157 cm³/mol. The lowest BCUT2D eigenvalue weighted by atomic mass is 9.91. The van der Waals surface area contributed by atoms with Gasteiger partial charge in [-0.25, -0.2) is 8.42 Å². The van der Waals surface area contributed by atoms with Crippen molar-refractivity contribution in [3.63, 3.8) is 0 Å². The molecule has 0 amide bonds. The molecule has 1 aromatic heterocycles. The SMILES string of the molecule is CC(=O)CC(C)(C)C.CCC(C)C.CCCCN(Cc1ccccn1)S(=O)(=O)c1ccc(CC)c(C)c1. The standard InChI is InChI=1S/C19H26N2O2S.C7H14O.C5H12/c1-4-6-13-21(15-18-9-7-8-12-20-18)24(22,23)19-11-10-17(5-2)16(3)14-19;1-6(8)5-7(2,3)4;1-4-5(2)3/h7-12,14H,4-6,13,15H2,1-3H3;5H2,1-4H3;5H,4H2,1-3H3. The average Bonchev–Trinajstić information content (AvgIpc) is 2.81. The first-order valence-electron chi connectivity index (χ1n) is 13.7. The third kappa shape index (κ3) is 15.1. The highest BCUT2D eigenvalue weighted by atomic mass is 32.2. The van der Waals surface area contributed by atoms with E-state index in [-0.39, 0.29) is 11.2 Å². The molecule has 0 saturated carbocycles. The molecule has 0 spiro atoms. The first kappa shape index (κ1) is 35.0. The number of unbranched alkanes of at least 4 members (excludes halogenated alkanes) is 1. The Hall–Kier alpha value is -2.05. The van der Waals surface area contributed by atoms with E-state index < -0.39 is 10.0 Å². The summed E-state index contributed by atoms with van der Waals surface area (Å²) in [7, 11) is -3.53. The van der Waals surface area contributed by atoms with Crippen LogP contribution in [0.1, 0.15) is 105 Å². The number of carbonyl (C=O) groups excluding carboxylic acids is 1. The second kappa shape index (κ2) is 17.5. The molecule has 0 radical (unpaired) electrons. The average molecular weight is 533 g/mol. The van der Waals surface area contributed by atoms with Crippen LogP contribution in [-0.4, -0.2) is 30.0 Å². The zero-order valence-electron chi connectivity index (χ0n) is 25.1. The summed E-state index contributed by atoms with van der Waals surface area (Å²) in [6.07, 6.45) is 6.37. The largest absolute Gasteiger partial charge is 0.300 e. The van der Waals surface area contributed by atoms with E-state index >= 15 is 0 Å². The molecular weight excluding hydrogens is 480 g/mol. The number of carbonyl (C=O) groups is 1. The van der Waals surface area contributed by atoms with Crippen LogP contribution in [0.4, 0.5) is 0 Å². The van der Waals surface area contributed by atoms with Crippen LogP contribution in [-0.2, 0) is 27.8 Å². The molecule has 37 heavy (non-hydrogen) atoms. The lowest BCUT2D eigenvalue weighted by molar-refractivity contribution is -0.118. The van der Waals surface area contributed by atoms with Gasteiger partial charge in [0.1, 0.15) is 5.78 Å². The normalized spacial score (nSPS) is 11.5. The van der Waals surface area contributed by atoms with E-state index in [9.17, 15) is 13.2 Å². The Kier molecular flexibility index (Phi) is 16.5. The van der Waals surface area contributed by atoms with Crippen LogP contribution in [0.2, 0.25) is 0 Å². The van der Waals surface area contributed by atoms with Gasteiger partial charge in [0.05, 0.1) is 17.1 Å². The molecule has 2 aromatic rings. The molecule has 1 aromatic carbocycles. The van der Waals surface area contributed by atoms with Gasteiger partial charge in [0.2, 0.25) is 10.0 Å². The number of aromatic nitrogens is 1. The first-order chi connectivity index (χ1) is 17.2. The number of aryl methyl sites for hydroxylation is 2. The zero-order valence-corrected chi connectivity index (χ0v) is 25.9. The molecule has 0 unspecified atom stereocenters. The van der Waals surface area contributed by atoms with Gasteiger partial charge in [-0.15, -0.1) is 0 Å². The fourth-order valence-corrected chi connectivity index (χ4v) is 4.95. The molecule has 0 atom stereocenters. The Morgan fingerprint density at radius 2 is 1.68 bits per heavy atom. The van der Waals surface area contributed by atoms with E-state index in [1.54, 1.807) is 29.6 Å². The van der Waals surface area contributed by atoms with Gasteiger partial charge < -0.3 is 4.79 Å². The fourth-order valence-electron chi connectivity index (χ4n) is 3.41. The number of hydrogen-bond donors (Lipinski definition) is 0. The second-order valence-electron chi connectivity index (χ2n) is 11.2. The van der Waals surface area contributed by atoms with Gasteiger partial charge in [-0.05, 0) is 73.4 Å². The van der Waals surface area contributed by atoms with E-state index in [0.717, 1.165) is 36.4 Å². The summed E-state index contributed by atoms with van der Waals surface area (Å²) >= 11 is 0. The number of benzene rings is 1. The van der Waals surface area contributed by atoms with E-state index in [0.29, 0.717) is 24.4 Å². The third-order valence-electron chi connectivity index (χ3n) is 5.75. The van der Waals surface area contributed by atoms with E-state index in [2.05, 4.69) is 60.4 Å². The zero-order chi connectivity index (χ0) is 28.6. The molecule has 0 aliphatic rings. The molecule has 0 bridgehead atoms. The first-order valence-corrected chi connectivity index (χ1v) is 15.1. The highest BCUT2D eigenvalue weighted by Gasteiger charge is 2.25. The number of Topliss-reactive ketones (excluding diaryl/α,β-unsaturated/α-hetero) is 1. The fraction of sp³-hybridized carbons (Fsp3) is 0.613. The van der Waals surface area contributed by atoms with E-state index in [1.165, 1.54) is 12.0 Å². The van der Waals surface area contributed by atoms with Crippen LogP contribution in [0, 0.1) is 18.3 Å². The van der Waals surface area contributed by atoms with Crippen LogP contribution in [0.5, 0.6) is 0 Å². The van der Waals surface area contributed by atoms with E-state index in [1.807, 2.05) is 31.2 Å². The molecule has 5 nitrogen and oxygen atoms in total. The van der Waals surface area contributed by atoms with Crippen molar-refractivity contribution in [2.75, 3.05) is 6.54 Å². The Labute approximate surface area is 228 Å². The molecule has 2 rings (SSSR count). The van der Waals surface area contributed by atoms with Gasteiger partial charge in [0.25, 0.3) is 0 Å². The molecule has 0 N–H and O–H groups in total. The Morgan fingerprint density at radius 1 is 1.05 bits per heavy atom. The van der Waals surface area contributed by atoms with Crippen LogP contribution >= 0.6 is 0 Å². The highest BCUT2D eigenvalue weighted by molar-refractivity contribution is 7.89. The van der Waals surface area contributed by atoms with Crippen LogP contribution in [0.15, 0.2) is 47.5 Å². The van der Waals surface area contributed by atoms with Crippen LogP contribution in [0.3, 0.4) is 0 Å². The van der Waals surface area contributed by atoms with Crippen molar-refractivity contribution < 1.29 is 13.2 Å². The molecule has 1 heterocycles. The van der Waals surface area contributed by atoms with Crippen molar-refractivity contribution in [2.45, 2.75) is 113 Å². The number of nitrogens with zero attached hydrogens (tertiary/aromatic N) is 2. The minimum absolute atomic E-state index is 0.172. The third-order valence-corrected chi connectivity index (χ3v) is 7.60. The Bertz CT molecular complexity index is 1010. The smallest absolute Gasteiger partial charge is 0.243 e. The van der Waals surface area contributed by atoms with Crippen molar-refractivity contribution in [3.8, 4) is 0 Å². The number of rotatable bonds is 10. The van der Waals surface area contributed by atoms with Crippen LogP contribution < -0.4 is 0 Å². The van der Waals surface area contributed by atoms with Crippen molar-refractivity contribution in [1.82, 2.24) is 9.29 Å². The maximum Gasteiger partial charge on any atom is 0.243 e. The van der Waals surface area contributed by atoms with Gasteiger partial charge in [0, 0.05) is 19.2 Å². The van der Waals surface area contributed by atoms with Gasteiger partial charge in [-0.3, -0.25) is 4.98 Å². The van der Waals surface area contributed by atoms with E-state index in [4.69, 9.17) is 0 Å². The van der Waals surface area contributed by atoms with Gasteiger partial charge in [-0.1, -0.05) is 80.4 Å². The monoisotopic (exact) mass is 532 g/mol. The molecule has 0 aliphatic heterocycles. The molecule has 0 fully saturated rings. The topological polar surface area (TPSA) is 67.3 Å². The maximum atomic E-state index is 13.1. The van der Waals surface area contributed by atoms with Crippen molar-refractivity contribution in [3.05, 3.63) is 59.4 Å². The summed E-state index contributed by atoms with van der Waals surface area (Å²) in [5.74, 6) is 1.16. The van der Waals surface area contributed by atoms with Crippen molar-refractivity contribution in [1.29, 1.82) is 0 Å². The number of ketones is 1. The summed E-state index contributed by atoms with van der Waals surface area (Å²) < 4.78 is 27.7. The lowest BCUT2D eigenvalue weighted by Crippen LogP contribution is -2.32. The molecular formula is C31H52N2O3S. The maximum absolute atomic E-state index is 13.1. The molecule has 0 saturated heterocycles. The number of pyridine rings is 1. The second-order valence-corrected chi connectivity index (χ2v) is 13.1. The summed E-state index contributed by atoms with van der Waals surface area (Å²) in [4.78, 5) is 15.1. The van der Waals surface area contributed by atoms with Gasteiger partial charge in [-0.2, -0.15) is 4.31 Å². The van der Waals surface area contributed by atoms with Crippen LogP contribution in [0.25, 0.3) is 0 Å². The minimum atomic E-state index is -3.53. The molecule has 210 valence electrons. The number of hydrogen-bond acceptors (Lipinski definition) is 4. The summed E-state index contributed by atoms with van der Waals surface area (Å²) in [6, 6.07) is 11.0. The quantitative estimate of drug-likeness (QED) is 0.311. The minimum Gasteiger partial charge on any atom is -0.300 e. The Morgan fingerprint density at radius 3 is 2.05 bits per heavy atom. The lowest BCUT2D eigenvalue weighted by Gasteiger charge is -2.22. The summed E-state index contributed by atoms with van der Waals surface area (Å²) in [6.45, 7) is 21.4. The molecule has 0 aliphatic carbocycles.